The Morgan fingerprint density at radius 3 is 2.75 bits per heavy atom. The van der Waals surface area contributed by atoms with Crippen molar-refractivity contribution in [2.75, 3.05) is 27.2 Å². The van der Waals surface area contributed by atoms with Crippen LogP contribution < -0.4 is 4.74 Å². The van der Waals surface area contributed by atoms with Gasteiger partial charge >= 0.3 is 0 Å². The van der Waals surface area contributed by atoms with Crippen LogP contribution in [-0.2, 0) is 0 Å². The molecule has 4 heteroatoms. The Morgan fingerprint density at radius 2 is 2.19 bits per heavy atom. The van der Waals surface area contributed by atoms with E-state index in [1.165, 1.54) is 0 Å². The van der Waals surface area contributed by atoms with Gasteiger partial charge in [-0.05, 0) is 38.7 Å². The zero-order chi connectivity index (χ0) is 12.0. The van der Waals surface area contributed by atoms with Crippen LogP contribution in [-0.4, -0.2) is 38.4 Å². The Morgan fingerprint density at radius 1 is 1.44 bits per heavy atom. The quantitative estimate of drug-likeness (QED) is 0.566. The van der Waals surface area contributed by atoms with Crippen LogP contribution in [0.2, 0.25) is 5.02 Å². The van der Waals surface area contributed by atoms with Gasteiger partial charge in [0.1, 0.15) is 12.0 Å². The highest BCUT2D eigenvalue weighted by Crippen LogP contribution is 2.24. The molecule has 1 aromatic rings. The molecule has 0 unspecified atom stereocenters. The van der Waals surface area contributed by atoms with E-state index in [1.807, 2.05) is 14.1 Å². The van der Waals surface area contributed by atoms with Gasteiger partial charge in [0.25, 0.3) is 0 Å². The van der Waals surface area contributed by atoms with Crippen LogP contribution in [0.3, 0.4) is 0 Å². The minimum absolute atomic E-state index is 0.481. The number of benzene rings is 1. The van der Waals surface area contributed by atoms with Gasteiger partial charge < -0.3 is 9.64 Å². The Balaban J connectivity index is 2.45. The summed E-state index contributed by atoms with van der Waals surface area (Å²) in [5, 5.41) is 0.481. The maximum Gasteiger partial charge on any atom is 0.150 e. The van der Waals surface area contributed by atoms with E-state index in [2.05, 4.69) is 4.90 Å². The van der Waals surface area contributed by atoms with E-state index < -0.39 is 0 Å². The largest absolute Gasteiger partial charge is 0.492 e. The molecule has 0 saturated carbocycles. The lowest BCUT2D eigenvalue weighted by molar-refractivity contribution is 0.112. The van der Waals surface area contributed by atoms with Crippen molar-refractivity contribution < 1.29 is 9.53 Å². The lowest BCUT2D eigenvalue weighted by atomic mass is 10.2. The molecule has 3 nitrogen and oxygen atoms in total. The lowest BCUT2D eigenvalue weighted by Crippen LogP contribution is -2.15. The average molecular weight is 242 g/mol. The fraction of sp³-hybridized carbons (Fsp3) is 0.417. The maximum atomic E-state index is 10.5. The molecule has 16 heavy (non-hydrogen) atoms. The highest BCUT2D eigenvalue weighted by Gasteiger charge is 2.02. The SMILES string of the molecule is CN(C)CCCOc1ccc(C=O)cc1Cl. The van der Waals surface area contributed by atoms with Crippen molar-refractivity contribution in [3.63, 3.8) is 0 Å². The molecule has 0 N–H and O–H groups in total. The first kappa shape index (κ1) is 13.0. The molecule has 0 amide bonds. The number of carbonyl (C=O) groups excluding carboxylic acids is 1. The topological polar surface area (TPSA) is 29.5 Å². The third-order valence-corrected chi connectivity index (χ3v) is 2.39. The molecule has 0 aromatic heterocycles. The van der Waals surface area contributed by atoms with Gasteiger partial charge in [0, 0.05) is 12.1 Å². The number of nitrogens with zero attached hydrogens (tertiary/aromatic N) is 1. The van der Waals surface area contributed by atoms with Crippen molar-refractivity contribution in [2.24, 2.45) is 0 Å². The maximum absolute atomic E-state index is 10.5. The lowest BCUT2D eigenvalue weighted by Gasteiger charge is -2.11. The molecule has 0 aliphatic carbocycles. The molecule has 1 rings (SSSR count). The van der Waals surface area contributed by atoms with E-state index in [-0.39, 0.29) is 0 Å². The van der Waals surface area contributed by atoms with Crippen molar-refractivity contribution in [3.05, 3.63) is 28.8 Å². The van der Waals surface area contributed by atoms with Crippen molar-refractivity contribution >= 4 is 17.9 Å². The first-order valence-electron chi connectivity index (χ1n) is 5.15. The molecule has 0 saturated heterocycles. The van der Waals surface area contributed by atoms with Gasteiger partial charge in [-0.25, -0.2) is 0 Å². The third-order valence-electron chi connectivity index (χ3n) is 2.10. The van der Waals surface area contributed by atoms with Gasteiger partial charge in [0.15, 0.2) is 0 Å². The summed E-state index contributed by atoms with van der Waals surface area (Å²) in [7, 11) is 4.04. The monoisotopic (exact) mass is 241 g/mol. The van der Waals surface area contributed by atoms with Crippen LogP contribution in [0.15, 0.2) is 18.2 Å². The van der Waals surface area contributed by atoms with Crippen molar-refractivity contribution in [1.29, 1.82) is 0 Å². The Hall–Kier alpha value is -1.06. The fourth-order valence-electron chi connectivity index (χ4n) is 1.27. The summed E-state index contributed by atoms with van der Waals surface area (Å²) in [6.07, 6.45) is 1.71. The predicted molar refractivity (Wildman–Crippen MR) is 65.5 cm³/mol. The average Bonchev–Trinajstić information content (AvgIpc) is 2.25. The number of hydrogen-bond donors (Lipinski definition) is 0. The summed E-state index contributed by atoms with van der Waals surface area (Å²) in [5.41, 5.74) is 0.561. The van der Waals surface area contributed by atoms with Gasteiger partial charge in [0.2, 0.25) is 0 Å². The van der Waals surface area contributed by atoms with E-state index in [0.717, 1.165) is 19.3 Å². The molecule has 0 radical (unpaired) electrons. The van der Waals surface area contributed by atoms with E-state index in [4.69, 9.17) is 16.3 Å². The summed E-state index contributed by atoms with van der Waals surface area (Å²) in [4.78, 5) is 12.6. The molecular formula is C12H16ClNO2. The number of halogens is 1. The Labute approximate surface area is 101 Å². The Kier molecular flexibility index (Phi) is 5.29. The molecule has 0 fully saturated rings. The molecule has 0 aliphatic rings. The highest BCUT2D eigenvalue weighted by atomic mass is 35.5. The normalized spacial score (nSPS) is 10.5. The van der Waals surface area contributed by atoms with Gasteiger partial charge in [-0.15, -0.1) is 0 Å². The van der Waals surface area contributed by atoms with Crippen LogP contribution in [0.1, 0.15) is 16.8 Å². The molecule has 0 bridgehead atoms. The van der Waals surface area contributed by atoms with E-state index in [9.17, 15) is 4.79 Å². The summed E-state index contributed by atoms with van der Waals surface area (Å²) < 4.78 is 5.51. The van der Waals surface area contributed by atoms with Gasteiger partial charge in [-0.3, -0.25) is 4.79 Å². The van der Waals surface area contributed by atoms with Crippen molar-refractivity contribution in [2.45, 2.75) is 6.42 Å². The number of ether oxygens (including phenoxy) is 1. The predicted octanol–water partition coefficient (Wildman–Crippen LogP) is 2.48. The molecule has 0 heterocycles. The van der Waals surface area contributed by atoms with Crippen LogP contribution >= 0.6 is 11.6 Å². The molecule has 1 aromatic carbocycles. The van der Waals surface area contributed by atoms with Gasteiger partial charge in [-0.2, -0.15) is 0 Å². The van der Waals surface area contributed by atoms with Crippen LogP contribution in [0.4, 0.5) is 0 Å². The van der Waals surface area contributed by atoms with E-state index >= 15 is 0 Å². The molecule has 0 aliphatic heterocycles. The summed E-state index contributed by atoms with van der Waals surface area (Å²) in [6.45, 7) is 1.60. The van der Waals surface area contributed by atoms with E-state index in [0.29, 0.717) is 22.9 Å². The number of hydrogen-bond acceptors (Lipinski definition) is 3. The molecule has 0 spiro atoms. The summed E-state index contributed by atoms with van der Waals surface area (Å²) >= 11 is 5.96. The van der Waals surface area contributed by atoms with Crippen LogP contribution in [0.25, 0.3) is 0 Å². The second-order valence-electron chi connectivity index (χ2n) is 3.81. The minimum Gasteiger partial charge on any atom is -0.492 e. The van der Waals surface area contributed by atoms with Crippen LogP contribution in [0.5, 0.6) is 5.75 Å². The first-order chi connectivity index (χ1) is 7.63. The van der Waals surface area contributed by atoms with E-state index in [1.54, 1.807) is 18.2 Å². The van der Waals surface area contributed by atoms with Crippen molar-refractivity contribution in [1.82, 2.24) is 4.90 Å². The number of carbonyl (C=O) groups is 1. The van der Waals surface area contributed by atoms with Gasteiger partial charge in [0.05, 0.1) is 11.6 Å². The van der Waals surface area contributed by atoms with Crippen LogP contribution in [0, 0.1) is 0 Å². The molecular weight excluding hydrogens is 226 g/mol. The highest BCUT2D eigenvalue weighted by molar-refractivity contribution is 6.32. The Bertz CT molecular complexity index is 353. The number of rotatable bonds is 6. The van der Waals surface area contributed by atoms with Gasteiger partial charge in [-0.1, -0.05) is 11.6 Å². The zero-order valence-corrected chi connectivity index (χ0v) is 10.3. The second-order valence-corrected chi connectivity index (χ2v) is 4.22. The standard InChI is InChI=1S/C12H16ClNO2/c1-14(2)6-3-7-16-12-5-4-10(9-15)8-11(12)13/h4-5,8-9H,3,6-7H2,1-2H3. The first-order valence-corrected chi connectivity index (χ1v) is 5.53. The zero-order valence-electron chi connectivity index (χ0n) is 9.57. The summed E-state index contributed by atoms with van der Waals surface area (Å²) in [6, 6.07) is 5.03. The third kappa shape index (κ3) is 4.21. The smallest absolute Gasteiger partial charge is 0.150 e. The van der Waals surface area contributed by atoms with Crippen molar-refractivity contribution in [3.8, 4) is 5.75 Å². The fourth-order valence-corrected chi connectivity index (χ4v) is 1.51. The summed E-state index contributed by atoms with van der Waals surface area (Å²) in [5.74, 6) is 0.631. The number of aldehydes is 1. The molecule has 0 atom stereocenters. The second kappa shape index (κ2) is 6.51. The molecule has 88 valence electrons. The minimum atomic E-state index is 0.481.